The average molecular weight is 545 g/mol. The Labute approximate surface area is 228 Å². The smallest absolute Gasteiger partial charge is 0.339 e. The molecule has 6 rings (SSSR count). The molecule has 3 aliphatic carbocycles. The van der Waals surface area contributed by atoms with Crippen molar-refractivity contribution in [2.24, 2.45) is 33.5 Å². The van der Waals surface area contributed by atoms with Crippen LogP contribution in [0, 0.1) is 33.5 Å². The third-order valence-electron chi connectivity index (χ3n) is 11.9. The highest BCUT2D eigenvalue weighted by molar-refractivity contribution is 5.82. The summed E-state index contributed by atoms with van der Waals surface area (Å²) in [6.45, 7) is 13.3. The first kappa shape index (κ1) is 26.8. The van der Waals surface area contributed by atoms with Crippen molar-refractivity contribution in [1.29, 1.82) is 0 Å². The molecule has 0 aromatic carbocycles. The van der Waals surface area contributed by atoms with Gasteiger partial charge in [-0.25, -0.2) is 4.79 Å². The van der Waals surface area contributed by atoms with Crippen molar-refractivity contribution in [1.82, 2.24) is 0 Å². The van der Waals surface area contributed by atoms with Gasteiger partial charge < -0.3 is 28.5 Å². The summed E-state index contributed by atoms with van der Waals surface area (Å²) in [7, 11) is 0. The van der Waals surface area contributed by atoms with E-state index in [1.165, 1.54) is 13.8 Å². The van der Waals surface area contributed by atoms with E-state index in [0.29, 0.717) is 25.7 Å². The maximum Gasteiger partial charge on any atom is 0.339 e. The number of hydrogen-bond acceptors (Lipinski definition) is 9. The Hall–Kier alpha value is -2.39. The summed E-state index contributed by atoms with van der Waals surface area (Å²) >= 11 is 0. The second-order valence-corrected chi connectivity index (χ2v) is 13.8. The van der Waals surface area contributed by atoms with Crippen molar-refractivity contribution in [3.63, 3.8) is 0 Å². The molecule has 1 spiro atoms. The molecule has 3 heterocycles. The van der Waals surface area contributed by atoms with Crippen LogP contribution in [0.25, 0.3) is 0 Å². The Kier molecular flexibility index (Phi) is 5.56. The van der Waals surface area contributed by atoms with Crippen LogP contribution >= 0.6 is 0 Å². The monoisotopic (exact) mass is 544 g/mol. The molecule has 3 saturated carbocycles. The molecular formula is C30H40O9. The van der Waals surface area contributed by atoms with E-state index in [1.54, 1.807) is 12.5 Å². The molecule has 0 radical (unpaired) electrons. The van der Waals surface area contributed by atoms with Crippen molar-refractivity contribution in [3.05, 3.63) is 24.2 Å². The van der Waals surface area contributed by atoms with Gasteiger partial charge in [-0.05, 0) is 42.6 Å². The van der Waals surface area contributed by atoms with Gasteiger partial charge in [0.05, 0.1) is 18.6 Å². The molecule has 0 unspecified atom stereocenters. The second-order valence-electron chi connectivity index (χ2n) is 13.8. The minimum Gasteiger partial charge on any atom is -0.472 e. The topological polar surface area (TPSA) is 125 Å². The summed E-state index contributed by atoms with van der Waals surface area (Å²) in [5.74, 6) is -1.49. The largest absolute Gasteiger partial charge is 0.472 e. The fourth-order valence-corrected chi connectivity index (χ4v) is 10.2. The Bertz CT molecular complexity index is 1210. The molecule has 2 aliphatic heterocycles. The molecule has 9 heteroatoms. The second kappa shape index (κ2) is 8.09. The van der Waals surface area contributed by atoms with Crippen molar-refractivity contribution in [2.75, 3.05) is 0 Å². The van der Waals surface area contributed by atoms with Crippen LogP contribution in [0.2, 0.25) is 0 Å². The molecule has 5 fully saturated rings. The van der Waals surface area contributed by atoms with Crippen LogP contribution in [0.3, 0.4) is 0 Å². The number of esters is 3. The summed E-state index contributed by atoms with van der Waals surface area (Å²) < 4.78 is 30.1. The number of cyclic esters (lactones) is 1. The van der Waals surface area contributed by atoms with Crippen LogP contribution in [0.5, 0.6) is 0 Å². The molecule has 1 aromatic rings. The number of hydrogen-bond donors (Lipinski definition) is 1. The lowest BCUT2D eigenvalue weighted by Gasteiger charge is -2.71. The summed E-state index contributed by atoms with van der Waals surface area (Å²) in [5, 5.41) is 11.3. The molecule has 11 atom stereocenters. The fourth-order valence-electron chi connectivity index (χ4n) is 10.2. The number of aliphatic hydroxyl groups excluding tert-OH is 1. The molecule has 2 saturated heterocycles. The standard InChI is InChI=1S/C30H40O9/c1-15(31)36-21-13-20(33)26(3,4)19-12-22(37-16(2)32)29(7)18(28(19,21)6)8-10-27(5)23(17-9-11-35-14-17)38-25(34)24-30(27,29)39-24/h9,11,14,18-24,33H,8,10,12-13H2,1-7H3/t18-,19+,20-,21+,22+,23+,24-,27+,28-,29+,30-/m1/s1. The van der Waals surface area contributed by atoms with Crippen LogP contribution < -0.4 is 0 Å². The van der Waals surface area contributed by atoms with Crippen LogP contribution in [0.1, 0.15) is 85.8 Å². The van der Waals surface area contributed by atoms with Crippen LogP contribution in [0.15, 0.2) is 23.0 Å². The Morgan fingerprint density at radius 1 is 0.974 bits per heavy atom. The zero-order valence-electron chi connectivity index (χ0n) is 23.8. The number of epoxide rings is 1. The van der Waals surface area contributed by atoms with Crippen LogP contribution in [-0.4, -0.2) is 53.0 Å². The van der Waals surface area contributed by atoms with Gasteiger partial charge in [-0.15, -0.1) is 0 Å². The molecular weight excluding hydrogens is 504 g/mol. The number of fused-ring (bicyclic) bond motifs is 3. The number of carbonyl (C=O) groups is 3. The predicted octanol–water partition coefficient (Wildman–Crippen LogP) is 4.12. The lowest BCUT2D eigenvalue weighted by Crippen LogP contribution is -2.75. The third-order valence-corrected chi connectivity index (χ3v) is 11.9. The van der Waals surface area contributed by atoms with Gasteiger partial charge in [-0.1, -0.05) is 34.6 Å². The van der Waals surface area contributed by atoms with E-state index in [0.717, 1.165) is 5.56 Å². The molecule has 1 N–H and O–H groups in total. The first-order valence-electron chi connectivity index (χ1n) is 14.1. The average Bonchev–Trinajstić information content (AvgIpc) is 3.41. The Balaban J connectivity index is 1.55. The van der Waals surface area contributed by atoms with Crippen molar-refractivity contribution in [3.8, 4) is 0 Å². The van der Waals surface area contributed by atoms with E-state index in [1.807, 2.05) is 19.9 Å². The van der Waals surface area contributed by atoms with E-state index in [-0.39, 0.29) is 11.8 Å². The first-order chi connectivity index (χ1) is 18.2. The van der Waals surface area contributed by atoms with Gasteiger partial charge in [0.2, 0.25) is 0 Å². The molecule has 0 bridgehead atoms. The molecule has 5 aliphatic rings. The van der Waals surface area contributed by atoms with E-state index >= 15 is 0 Å². The number of ether oxygens (including phenoxy) is 4. The maximum absolute atomic E-state index is 13.4. The molecule has 39 heavy (non-hydrogen) atoms. The normalized spacial score (nSPS) is 49.3. The van der Waals surface area contributed by atoms with Gasteiger partial charge in [0.15, 0.2) is 6.10 Å². The highest BCUT2D eigenvalue weighted by Gasteiger charge is 2.89. The molecule has 214 valence electrons. The molecule has 9 nitrogen and oxygen atoms in total. The lowest BCUT2D eigenvalue weighted by molar-refractivity contribution is -0.297. The maximum atomic E-state index is 13.4. The van der Waals surface area contributed by atoms with Crippen molar-refractivity contribution in [2.45, 2.75) is 110 Å². The minimum absolute atomic E-state index is 0.126. The van der Waals surface area contributed by atoms with Crippen molar-refractivity contribution < 1.29 is 42.9 Å². The predicted molar refractivity (Wildman–Crippen MR) is 136 cm³/mol. The van der Waals surface area contributed by atoms with E-state index in [4.69, 9.17) is 23.4 Å². The van der Waals surface area contributed by atoms with Gasteiger partial charge in [0.1, 0.15) is 23.9 Å². The van der Waals surface area contributed by atoms with E-state index in [9.17, 15) is 19.5 Å². The number of carbonyl (C=O) groups excluding carboxylic acids is 3. The van der Waals surface area contributed by atoms with Crippen LogP contribution in [-0.2, 0) is 33.3 Å². The van der Waals surface area contributed by atoms with E-state index < -0.39 is 75.7 Å². The molecule has 1 aromatic heterocycles. The van der Waals surface area contributed by atoms with Gasteiger partial charge in [0.25, 0.3) is 0 Å². The van der Waals surface area contributed by atoms with E-state index in [2.05, 4.69) is 20.8 Å². The number of aliphatic hydroxyl groups is 1. The quantitative estimate of drug-likeness (QED) is 0.340. The van der Waals surface area contributed by atoms with Crippen molar-refractivity contribution >= 4 is 17.9 Å². The highest BCUT2D eigenvalue weighted by atomic mass is 16.7. The van der Waals surface area contributed by atoms with Gasteiger partial charge >= 0.3 is 17.9 Å². The number of furan rings is 1. The van der Waals surface area contributed by atoms with Crippen LogP contribution in [0.4, 0.5) is 0 Å². The van der Waals surface area contributed by atoms with Gasteiger partial charge in [0, 0.05) is 42.1 Å². The third kappa shape index (κ3) is 3.12. The summed E-state index contributed by atoms with van der Waals surface area (Å²) in [6, 6.07) is 1.82. The SMILES string of the molecule is CC(=O)O[C@H]1C[C@@H](O)C(C)(C)[C@@H]2C[C@H](OC(C)=O)[C@]3(C)[C@H](CC[C@@]4(C)[C@H](c5ccoc5)OC(=O)[C@H]5O[C@@]534)[C@@]12C. The van der Waals surface area contributed by atoms with Gasteiger partial charge in [-0.2, -0.15) is 0 Å². The lowest BCUT2D eigenvalue weighted by atomic mass is 9.34. The Morgan fingerprint density at radius 3 is 2.26 bits per heavy atom. The zero-order chi connectivity index (χ0) is 28.3. The fraction of sp³-hybridized carbons (Fsp3) is 0.767. The Morgan fingerprint density at radius 2 is 1.64 bits per heavy atom. The van der Waals surface area contributed by atoms with Gasteiger partial charge in [-0.3, -0.25) is 9.59 Å². The first-order valence-corrected chi connectivity index (χ1v) is 14.1. The minimum atomic E-state index is -0.963. The molecule has 0 amide bonds. The summed E-state index contributed by atoms with van der Waals surface area (Å²) in [4.78, 5) is 38.3. The highest BCUT2D eigenvalue weighted by Crippen LogP contribution is 2.80. The zero-order valence-corrected chi connectivity index (χ0v) is 23.8. The number of rotatable bonds is 3. The summed E-state index contributed by atoms with van der Waals surface area (Å²) in [6.07, 6.45) is 2.14. The summed E-state index contributed by atoms with van der Waals surface area (Å²) in [5.41, 5.74) is -2.72.